The molecular weight excluding hydrogens is 294 g/mol. The van der Waals surface area contributed by atoms with Crippen molar-refractivity contribution in [2.24, 2.45) is 0 Å². The van der Waals surface area contributed by atoms with Gasteiger partial charge < -0.3 is 15.1 Å². The molecule has 0 saturated carbocycles. The number of carbonyl (C=O) groups is 2. The zero-order valence-electron chi connectivity index (χ0n) is 13.5. The van der Waals surface area contributed by atoms with Crippen LogP contribution in [0.5, 0.6) is 0 Å². The molecule has 2 N–H and O–H groups in total. The van der Waals surface area contributed by atoms with Gasteiger partial charge in [-0.1, -0.05) is 25.1 Å². The quantitative estimate of drug-likeness (QED) is 0.904. The maximum atomic E-state index is 10.8. The molecule has 0 saturated heterocycles. The lowest BCUT2D eigenvalue weighted by atomic mass is 10.0. The van der Waals surface area contributed by atoms with Gasteiger partial charge in [-0.2, -0.15) is 0 Å². The van der Waals surface area contributed by atoms with E-state index in [9.17, 15) is 9.59 Å². The second-order valence-electron chi connectivity index (χ2n) is 5.07. The van der Waals surface area contributed by atoms with E-state index in [0.717, 1.165) is 17.7 Å². The molecule has 0 aliphatic rings. The van der Waals surface area contributed by atoms with Crippen molar-refractivity contribution in [1.82, 2.24) is 0 Å². The molecule has 5 nitrogen and oxygen atoms in total. The van der Waals surface area contributed by atoms with Gasteiger partial charge in [0.2, 0.25) is 0 Å². The van der Waals surface area contributed by atoms with Gasteiger partial charge in [0.05, 0.1) is 11.1 Å². The molecule has 0 bridgehead atoms. The minimum atomic E-state index is -0.879. The van der Waals surface area contributed by atoms with Gasteiger partial charge in [-0.15, -0.1) is 0 Å². The Balaban J connectivity index is 0.000000253. The summed E-state index contributed by atoms with van der Waals surface area (Å²) in [7, 11) is 3.88. The van der Waals surface area contributed by atoms with E-state index in [1.807, 2.05) is 38.1 Å². The SMILES string of the molecule is CCc1cc(N(C)C)ccc1C(=O)O.O=C(O)c1ccccc1. The Morgan fingerprint density at radius 2 is 1.57 bits per heavy atom. The van der Waals surface area contributed by atoms with Crippen molar-refractivity contribution in [3.05, 3.63) is 65.2 Å². The summed E-state index contributed by atoms with van der Waals surface area (Å²) in [6, 6.07) is 13.7. The van der Waals surface area contributed by atoms with Crippen molar-refractivity contribution >= 4 is 17.6 Å². The van der Waals surface area contributed by atoms with Crippen LogP contribution in [0.2, 0.25) is 0 Å². The topological polar surface area (TPSA) is 77.8 Å². The molecule has 0 fully saturated rings. The summed E-state index contributed by atoms with van der Waals surface area (Å²) in [5, 5.41) is 17.3. The zero-order valence-corrected chi connectivity index (χ0v) is 13.5. The number of benzene rings is 2. The van der Waals surface area contributed by atoms with Gasteiger partial charge >= 0.3 is 11.9 Å². The Kier molecular flexibility index (Phi) is 6.80. The van der Waals surface area contributed by atoms with E-state index >= 15 is 0 Å². The molecule has 0 aliphatic carbocycles. The first-order valence-electron chi connectivity index (χ1n) is 7.18. The average Bonchev–Trinajstić information content (AvgIpc) is 2.55. The third-order valence-electron chi connectivity index (χ3n) is 3.24. The molecule has 2 rings (SSSR count). The molecule has 5 heteroatoms. The molecule has 0 amide bonds. The van der Waals surface area contributed by atoms with Crippen molar-refractivity contribution in [3.63, 3.8) is 0 Å². The molecule has 2 aromatic rings. The van der Waals surface area contributed by atoms with Crippen molar-refractivity contribution in [3.8, 4) is 0 Å². The third kappa shape index (κ3) is 5.47. The van der Waals surface area contributed by atoms with Crippen LogP contribution < -0.4 is 4.90 Å². The smallest absolute Gasteiger partial charge is 0.335 e. The maximum absolute atomic E-state index is 10.8. The predicted molar refractivity (Wildman–Crippen MR) is 90.5 cm³/mol. The van der Waals surface area contributed by atoms with Gasteiger partial charge in [-0.05, 0) is 42.3 Å². The molecule has 0 aromatic heterocycles. The normalized spacial score (nSPS) is 9.52. The van der Waals surface area contributed by atoms with E-state index in [1.165, 1.54) is 0 Å². The van der Waals surface area contributed by atoms with E-state index in [4.69, 9.17) is 10.2 Å². The van der Waals surface area contributed by atoms with Gasteiger partial charge in [0, 0.05) is 19.8 Å². The summed E-state index contributed by atoms with van der Waals surface area (Å²) >= 11 is 0. The largest absolute Gasteiger partial charge is 0.478 e. The first-order chi connectivity index (χ1) is 10.9. The van der Waals surface area contributed by atoms with Gasteiger partial charge in [-0.3, -0.25) is 0 Å². The summed E-state index contributed by atoms with van der Waals surface area (Å²) in [5.41, 5.74) is 2.64. The first-order valence-corrected chi connectivity index (χ1v) is 7.18. The number of anilines is 1. The average molecular weight is 315 g/mol. The van der Waals surface area contributed by atoms with Gasteiger partial charge in [0.15, 0.2) is 0 Å². The van der Waals surface area contributed by atoms with E-state index in [0.29, 0.717) is 11.1 Å². The fourth-order valence-corrected chi connectivity index (χ4v) is 1.94. The number of carboxylic acids is 2. The molecule has 0 spiro atoms. The van der Waals surface area contributed by atoms with Crippen LogP contribution in [0.15, 0.2) is 48.5 Å². The van der Waals surface area contributed by atoms with Gasteiger partial charge in [0.1, 0.15) is 0 Å². The van der Waals surface area contributed by atoms with E-state index in [1.54, 1.807) is 36.4 Å². The molecule has 2 aromatic carbocycles. The Hall–Kier alpha value is -2.82. The molecule has 122 valence electrons. The van der Waals surface area contributed by atoms with Crippen LogP contribution >= 0.6 is 0 Å². The minimum absolute atomic E-state index is 0.331. The highest BCUT2D eigenvalue weighted by Crippen LogP contribution is 2.18. The predicted octanol–water partition coefficient (Wildman–Crippen LogP) is 3.40. The number of aryl methyl sites for hydroxylation is 1. The first kappa shape index (κ1) is 18.2. The molecule has 0 aliphatic heterocycles. The van der Waals surface area contributed by atoms with E-state index < -0.39 is 11.9 Å². The molecule has 0 heterocycles. The molecular formula is C18H21NO4. The van der Waals surface area contributed by atoms with Gasteiger partial charge in [-0.25, -0.2) is 9.59 Å². The summed E-state index contributed by atoms with van der Waals surface area (Å²) in [4.78, 5) is 23.0. The van der Waals surface area contributed by atoms with E-state index in [2.05, 4.69) is 0 Å². The van der Waals surface area contributed by atoms with Crippen LogP contribution in [0.4, 0.5) is 5.69 Å². The number of hydrogen-bond acceptors (Lipinski definition) is 3. The second-order valence-corrected chi connectivity index (χ2v) is 5.07. The summed E-state index contributed by atoms with van der Waals surface area (Å²) in [6.45, 7) is 1.96. The Bertz CT molecular complexity index is 666. The molecule has 0 radical (unpaired) electrons. The minimum Gasteiger partial charge on any atom is -0.478 e. The van der Waals surface area contributed by atoms with Crippen molar-refractivity contribution in [1.29, 1.82) is 0 Å². The Morgan fingerprint density at radius 3 is 1.96 bits per heavy atom. The van der Waals surface area contributed by atoms with E-state index in [-0.39, 0.29) is 0 Å². The summed E-state index contributed by atoms with van der Waals surface area (Å²) < 4.78 is 0. The number of nitrogens with zero attached hydrogens (tertiary/aromatic N) is 1. The number of hydrogen-bond donors (Lipinski definition) is 2. The number of aromatic carboxylic acids is 2. The third-order valence-corrected chi connectivity index (χ3v) is 3.24. The summed E-state index contributed by atoms with van der Waals surface area (Å²) in [6.07, 6.45) is 0.739. The Labute approximate surface area is 135 Å². The van der Waals surface area contributed by atoms with Crippen LogP contribution in [-0.4, -0.2) is 36.2 Å². The summed E-state index contributed by atoms with van der Waals surface area (Å²) in [5.74, 6) is -1.73. The second kappa shape index (κ2) is 8.58. The highest BCUT2D eigenvalue weighted by Gasteiger charge is 2.09. The van der Waals surface area contributed by atoms with Gasteiger partial charge in [0.25, 0.3) is 0 Å². The highest BCUT2D eigenvalue weighted by molar-refractivity contribution is 5.90. The number of carboxylic acid groups (broad SMARTS) is 2. The molecule has 0 unspecified atom stereocenters. The highest BCUT2D eigenvalue weighted by atomic mass is 16.4. The van der Waals surface area contributed by atoms with Crippen molar-refractivity contribution in [2.45, 2.75) is 13.3 Å². The standard InChI is InChI=1S/C11H15NO2.C7H6O2/c1-4-8-7-9(12(2)3)5-6-10(8)11(13)14;8-7(9)6-4-2-1-3-5-6/h5-7H,4H2,1-3H3,(H,13,14);1-5H,(H,8,9). The molecule has 23 heavy (non-hydrogen) atoms. The lowest BCUT2D eigenvalue weighted by Gasteiger charge is -2.14. The Morgan fingerprint density at radius 1 is 0.957 bits per heavy atom. The van der Waals surface area contributed by atoms with Crippen molar-refractivity contribution < 1.29 is 19.8 Å². The van der Waals surface area contributed by atoms with Crippen molar-refractivity contribution in [2.75, 3.05) is 19.0 Å². The zero-order chi connectivity index (χ0) is 17.4. The molecule has 0 atom stereocenters. The van der Waals surface area contributed by atoms with Crippen LogP contribution in [0.3, 0.4) is 0 Å². The monoisotopic (exact) mass is 315 g/mol. The van der Waals surface area contributed by atoms with Crippen LogP contribution in [0.1, 0.15) is 33.2 Å². The van der Waals surface area contributed by atoms with Crippen LogP contribution in [0.25, 0.3) is 0 Å². The maximum Gasteiger partial charge on any atom is 0.335 e. The fraction of sp³-hybridized carbons (Fsp3) is 0.222. The lowest BCUT2D eigenvalue weighted by molar-refractivity contribution is 0.0685. The number of rotatable bonds is 4. The van der Waals surface area contributed by atoms with Crippen LogP contribution in [-0.2, 0) is 6.42 Å². The van der Waals surface area contributed by atoms with Crippen LogP contribution in [0, 0.1) is 0 Å². The lowest BCUT2D eigenvalue weighted by Crippen LogP contribution is -2.10. The fourth-order valence-electron chi connectivity index (χ4n) is 1.94.